The highest BCUT2D eigenvalue weighted by molar-refractivity contribution is 5.76. The summed E-state index contributed by atoms with van der Waals surface area (Å²) in [5.74, 6) is 1.03. The van der Waals surface area contributed by atoms with Crippen LogP contribution in [-0.2, 0) is 4.79 Å². The first-order valence-corrected chi connectivity index (χ1v) is 6.13. The summed E-state index contributed by atoms with van der Waals surface area (Å²) < 4.78 is 0. The van der Waals surface area contributed by atoms with Gasteiger partial charge in [-0.05, 0) is 38.8 Å². The van der Waals surface area contributed by atoms with Crippen molar-refractivity contribution in [3.63, 3.8) is 0 Å². The van der Waals surface area contributed by atoms with Crippen LogP contribution in [0.2, 0.25) is 0 Å². The first kappa shape index (κ1) is 12.5. The summed E-state index contributed by atoms with van der Waals surface area (Å²) >= 11 is 0. The van der Waals surface area contributed by atoms with Crippen LogP contribution in [-0.4, -0.2) is 37.0 Å². The van der Waals surface area contributed by atoms with E-state index in [2.05, 4.69) is 24.1 Å². The van der Waals surface area contributed by atoms with Crippen LogP contribution in [0.1, 0.15) is 39.5 Å². The van der Waals surface area contributed by atoms with Gasteiger partial charge in [0.25, 0.3) is 0 Å². The molecule has 2 unspecified atom stereocenters. The van der Waals surface area contributed by atoms with Gasteiger partial charge in [0.2, 0.25) is 5.91 Å². The van der Waals surface area contributed by atoms with Crippen molar-refractivity contribution >= 4 is 5.91 Å². The van der Waals surface area contributed by atoms with Crippen LogP contribution >= 0.6 is 0 Å². The molecule has 3 heteroatoms. The predicted molar refractivity (Wildman–Crippen MR) is 62.7 cm³/mol. The molecule has 0 radical (unpaired) electrons. The van der Waals surface area contributed by atoms with Crippen LogP contribution in [0.25, 0.3) is 0 Å². The normalized spacial score (nSPS) is 25.9. The first-order valence-electron chi connectivity index (χ1n) is 6.13. The number of hydrogen-bond donors (Lipinski definition) is 1. The molecular formula is C12H24N2O. The molecule has 0 spiro atoms. The minimum absolute atomic E-state index is 0.349. The number of nitrogens with one attached hydrogen (secondary N) is 1. The van der Waals surface area contributed by atoms with Crippen molar-refractivity contribution in [1.29, 1.82) is 0 Å². The Morgan fingerprint density at radius 2 is 2.27 bits per heavy atom. The van der Waals surface area contributed by atoms with Crippen molar-refractivity contribution in [1.82, 2.24) is 10.2 Å². The lowest BCUT2D eigenvalue weighted by atomic mass is 10.1. The lowest BCUT2D eigenvalue weighted by molar-refractivity contribution is -0.132. The van der Waals surface area contributed by atoms with Gasteiger partial charge in [0.05, 0.1) is 0 Å². The van der Waals surface area contributed by atoms with Crippen molar-refractivity contribution in [3.05, 3.63) is 0 Å². The fourth-order valence-corrected chi connectivity index (χ4v) is 2.40. The maximum absolute atomic E-state index is 11.9. The minimum atomic E-state index is 0.349. The topological polar surface area (TPSA) is 32.3 Å². The number of carbonyl (C=O) groups excluding carboxylic acids is 1. The molecule has 0 aliphatic carbocycles. The largest absolute Gasteiger partial charge is 0.339 e. The van der Waals surface area contributed by atoms with Crippen LogP contribution in [0.3, 0.4) is 0 Å². The van der Waals surface area contributed by atoms with Gasteiger partial charge in [0.15, 0.2) is 0 Å². The molecule has 1 fully saturated rings. The molecule has 1 N–H and O–H groups in total. The van der Waals surface area contributed by atoms with Crippen LogP contribution in [0.4, 0.5) is 0 Å². The zero-order valence-electron chi connectivity index (χ0n) is 10.3. The average molecular weight is 212 g/mol. The number of amides is 1. The molecule has 0 aromatic heterocycles. The highest BCUT2D eigenvalue weighted by Crippen LogP contribution is 2.25. The van der Waals surface area contributed by atoms with E-state index in [0.29, 0.717) is 24.3 Å². The van der Waals surface area contributed by atoms with E-state index in [4.69, 9.17) is 0 Å². The van der Waals surface area contributed by atoms with Gasteiger partial charge < -0.3 is 10.2 Å². The number of hydrogen-bond acceptors (Lipinski definition) is 2. The molecule has 0 saturated carbocycles. The molecule has 1 saturated heterocycles. The smallest absolute Gasteiger partial charge is 0.222 e. The Balaban J connectivity index is 2.37. The molecular weight excluding hydrogens is 188 g/mol. The average Bonchev–Trinajstić information content (AvgIpc) is 2.60. The number of carbonyl (C=O) groups is 1. The summed E-state index contributed by atoms with van der Waals surface area (Å²) in [6, 6.07) is 0.502. The van der Waals surface area contributed by atoms with E-state index in [1.807, 2.05) is 7.05 Å². The fourth-order valence-electron chi connectivity index (χ4n) is 2.40. The van der Waals surface area contributed by atoms with Crippen molar-refractivity contribution < 1.29 is 4.79 Å². The Kier molecular flexibility index (Phi) is 5.09. The Hall–Kier alpha value is -0.570. The Morgan fingerprint density at radius 3 is 2.87 bits per heavy atom. The van der Waals surface area contributed by atoms with Gasteiger partial charge in [-0.15, -0.1) is 0 Å². The van der Waals surface area contributed by atoms with Gasteiger partial charge in [-0.3, -0.25) is 4.79 Å². The zero-order chi connectivity index (χ0) is 11.3. The van der Waals surface area contributed by atoms with E-state index < -0.39 is 0 Å². The summed E-state index contributed by atoms with van der Waals surface area (Å²) in [6.45, 7) is 6.32. The molecule has 1 heterocycles. The van der Waals surface area contributed by atoms with Gasteiger partial charge in [-0.25, -0.2) is 0 Å². The Labute approximate surface area is 93.2 Å². The molecule has 15 heavy (non-hydrogen) atoms. The van der Waals surface area contributed by atoms with Crippen molar-refractivity contribution in [2.45, 2.75) is 45.6 Å². The number of rotatable bonds is 5. The Bertz CT molecular complexity index is 206. The predicted octanol–water partition coefficient (Wildman–Crippen LogP) is 1.63. The van der Waals surface area contributed by atoms with Crippen molar-refractivity contribution in [2.75, 3.05) is 20.1 Å². The van der Waals surface area contributed by atoms with Gasteiger partial charge >= 0.3 is 0 Å². The minimum Gasteiger partial charge on any atom is -0.339 e. The molecule has 1 aliphatic heterocycles. The lowest BCUT2D eigenvalue weighted by Crippen LogP contribution is -2.35. The van der Waals surface area contributed by atoms with Crippen LogP contribution < -0.4 is 5.32 Å². The second kappa shape index (κ2) is 6.11. The van der Waals surface area contributed by atoms with Gasteiger partial charge in [-0.2, -0.15) is 0 Å². The molecule has 0 aromatic rings. The molecule has 3 nitrogen and oxygen atoms in total. The van der Waals surface area contributed by atoms with E-state index >= 15 is 0 Å². The van der Waals surface area contributed by atoms with Gasteiger partial charge in [-0.1, -0.05) is 13.8 Å². The third-order valence-electron chi connectivity index (χ3n) is 3.23. The molecule has 1 amide bonds. The van der Waals surface area contributed by atoms with E-state index in [-0.39, 0.29) is 0 Å². The fraction of sp³-hybridized carbons (Fsp3) is 0.917. The maximum atomic E-state index is 11.9. The monoisotopic (exact) mass is 212 g/mol. The second-order valence-electron chi connectivity index (χ2n) is 4.66. The van der Waals surface area contributed by atoms with Crippen LogP contribution in [0.15, 0.2) is 0 Å². The van der Waals surface area contributed by atoms with Crippen LogP contribution in [0, 0.1) is 5.92 Å². The molecule has 0 bridgehead atoms. The quantitative estimate of drug-likeness (QED) is 0.703. The summed E-state index contributed by atoms with van der Waals surface area (Å²) in [5, 5.41) is 3.08. The number of nitrogens with zero attached hydrogens (tertiary/aromatic N) is 1. The summed E-state index contributed by atoms with van der Waals surface area (Å²) in [4.78, 5) is 14.0. The molecule has 1 rings (SSSR count). The molecule has 1 aliphatic rings. The van der Waals surface area contributed by atoms with E-state index in [0.717, 1.165) is 25.9 Å². The molecule has 2 atom stereocenters. The van der Waals surface area contributed by atoms with Crippen LogP contribution in [0.5, 0.6) is 0 Å². The SMILES string of the molecule is CCC1CC(C)CN1C(=O)CCCNC. The standard InChI is InChI=1S/C12H24N2O/c1-4-11-8-10(2)9-14(11)12(15)6-5-7-13-3/h10-11,13H,4-9H2,1-3H3. The van der Waals surface area contributed by atoms with Crippen molar-refractivity contribution in [3.8, 4) is 0 Å². The first-order chi connectivity index (χ1) is 7.19. The van der Waals surface area contributed by atoms with E-state index in [1.165, 1.54) is 6.42 Å². The van der Waals surface area contributed by atoms with E-state index in [1.54, 1.807) is 0 Å². The molecule has 88 valence electrons. The third-order valence-corrected chi connectivity index (χ3v) is 3.23. The van der Waals surface area contributed by atoms with Gasteiger partial charge in [0.1, 0.15) is 0 Å². The summed E-state index contributed by atoms with van der Waals surface area (Å²) in [7, 11) is 1.93. The summed E-state index contributed by atoms with van der Waals surface area (Å²) in [6.07, 6.45) is 3.94. The third kappa shape index (κ3) is 3.49. The van der Waals surface area contributed by atoms with E-state index in [9.17, 15) is 4.79 Å². The maximum Gasteiger partial charge on any atom is 0.222 e. The highest BCUT2D eigenvalue weighted by atomic mass is 16.2. The number of likely N-dealkylation sites (tertiary alicyclic amines) is 1. The van der Waals surface area contributed by atoms with Crippen molar-refractivity contribution in [2.24, 2.45) is 5.92 Å². The molecule has 0 aromatic carbocycles. The highest BCUT2D eigenvalue weighted by Gasteiger charge is 2.30. The zero-order valence-corrected chi connectivity index (χ0v) is 10.3. The van der Waals surface area contributed by atoms with Gasteiger partial charge in [0, 0.05) is 19.0 Å². The summed E-state index contributed by atoms with van der Waals surface area (Å²) in [5.41, 5.74) is 0. The Morgan fingerprint density at radius 1 is 1.53 bits per heavy atom. The second-order valence-corrected chi connectivity index (χ2v) is 4.66. The lowest BCUT2D eigenvalue weighted by Gasteiger charge is -2.23.